The highest BCUT2D eigenvalue weighted by atomic mass is 19.3. The van der Waals surface area contributed by atoms with Crippen molar-refractivity contribution < 1.29 is 26.3 Å². The third kappa shape index (κ3) is 2.46. The summed E-state index contributed by atoms with van der Waals surface area (Å²) in [7, 11) is 0. The van der Waals surface area contributed by atoms with Gasteiger partial charge in [0.25, 0.3) is 5.92 Å². The lowest BCUT2D eigenvalue weighted by molar-refractivity contribution is 0.00951. The molecule has 1 aromatic rings. The second-order valence-electron chi connectivity index (χ2n) is 3.18. The van der Waals surface area contributed by atoms with Gasteiger partial charge < -0.3 is 5.73 Å². The monoisotopic (exact) mass is 243 g/mol. The van der Waals surface area contributed by atoms with Crippen LogP contribution in [0.25, 0.3) is 0 Å². The van der Waals surface area contributed by atoms with Gasteiger partial charge in [-0.15, -0.1) is 0 Å². The van der Waals surface area contributed by atoms with E-state index in [2.05, 4.69) is 5.73 Å². The molecule has 0 saturated heterocycles. The lowest BCUT2D eigenvalue weighted by Gasteiger charge is -2.15. The van der Waals surface area contributed by atoms with Crippen molar-refractivity contribution in [2.75, 3.05) is 6.54 Å². The lowest BCUT2D eigenvalue weighted by Crippen LogP contribution is -2.31. The van der Waals surface area contributed by atoms with Crippen molar-refractivity contribution in [2.24, 2.45) is 5.73 Å². The van der Waals surface area contributed by atoms with Gasteiger partial charge in [-0.2, -0.15) is 0 Å². The molecule has 0 heterocycles. The highest BCUT2D eigenvalue weighted by Gasteiger charge is 2.32. The van der Waals surface area contributed by atoms with Gasteiger partial charge in [-0.25, -0.2) is 26.3 Å². The Bertz CT molecular complexity index is 377. The average Bonchev–Trinajstić information content (AvgIpc) is 2.22. The van der Waals surface area contributed by atoms with Crippen molar-refractivity contribution >= 4 is 0 Å². The Hall–Kier alpha value is -1.24. The van der Waals surface area contributed by atoms with E-state index in [0.717, 1.165) is 0 Å². The molecule has 0 radical (unpaired) electrons. The predicted octanol–water partition coefficient (Wildman–Crippen LogP) is 2.38. The normalized spacial score (nSPS) is 11.9. The van der Waals surface area contributed by atoms with Crippen LogP contribution in [0.3, 0.4) is 0 Å². The van der Waals surface area contributed by atoms with Crippen LogP contribution in [0.5, 0.6) is 0 Å². The second-order valence-corrected chi connectivity index (χ2v) is 3.18. The molecule has 0 spiro atoms. The average molecular weight is 243 g/mol. The van der Waals surface area contributed by atoms with Crippen LogP contribution < -0.4 is 5.73 Å². The maximum Gasteiger partial charge on any atom is 0.264 e. The van der Waals surface area contributed by atoms with Gasteiger partial charge in [0, 0.05) is 18.1 Å². The molecule has 0 fully saturated rings. The summed E-state index contributed by atoms with van der Waals surface area (Å²) in [4.78, 5) is 0. The summed E-state index contributed by atoms with van der Waals surface area (Å²) >= 11 is 0. The van der Waals surface area contributed by atoms with Crippen molar-refractivity contribution in [3.63, 3.8) is 0 Å². The number of hydrogen-bond acceptors (Lipinski definition) is 1. The summed E-state index contributed by atoms with van der Waals surface area (Å²) in [5.41, 5.74) is 3.31. The smallest absolute Gasteiger partial charge is 0.264 e. The molecule has 1 rings (SSSR count). The standard InChI is InChI=1S/C9H7F6N/c10-5-1-6(11)8(13)4(7(5)12)2-9(14,15)3-16/h1H,2-3,16H2. The van der Waals surface area contributed by atoms with E-state index in [1.165, 1.54) is 0 Å². The van der Waals surface area contributed by atoms with Crippen molar-refractivity contribution in [2.45, 2.75) is 12.3 Å². The molecular formula is C9H7F6N. The Morgan fingerprint density at radius 3 is 1.81 bits per heavy atom. The summed E-state index contributed by atoms with van der Waals surface area (Å²) in [5, 5.41) is 0. The van der Waals surface area contributed by atoms with Crippen LogP contribution >= 0.6 is 0 Å². The minimum atomic E-state index is -3.62. The van der Waals surface area contributed by atoms with Crippen molar-refractivity contribution in [1.29, 1.82) is 0 Å². The molecule has 0 aliphatic rings. The maximum absolute atomic E-state index is 13.0. The van der Waals surface area contributed by atoms with Crippen molar-refractivity contribution in [3.05, 3.63) is 34.9 Å². The Morgan fingerprint density at radius 2 is 1.44 bits per heavy atom. The predicted molar refractivity (Wildman–Crippen MR) is 44.0 cm³/mol. The van der Waals surface area contributed by atoms with Crippen LogP contribution in [-0.4, -0.2) is 12.5 Å². The minimum absolute atomic E-state index is 0.0469. The van der Waals surface area contributed by atoms with Crippen LogP contribution in [0.2, 0.25) is 0 Å². The van der Waals surface area contributed by atoms with Gasteiger partial charge >= 0.3 is 0 Å². The highest BCUT2D eigenvalue weighted by Crippen LogP contribution is 2.25. The van der Waals surface area contributed by atoms with Crippen LogP contribution in [0.4, 0.5) is 26.3 Å². The fourth-order valence-electron chi connectivity index (χ4n) is 1.11. The third-order valence-corrected chi connectivity index (χ3v) is 1.94. The summed E-state index contributed by atoms with van der Waals surface area (Å²) in [5.74, 6) is -10.7. The van der Waals surface area contributed by atoms with Gasteiger partial charge in [0.15, 0.2) is 23.3 Å². The van der Waals surface area contributed by atoms with E-state index >= 15 is 0 Å². The van der Waals surface area contributed by atoms with E-state index in [4.69, 9.17) is 0 Å². The fraction of sp³-hybridized carbons (Fsp3) is 0.333. The van der Waals surface area contributed by atoms with E-state index in [0.29, 0.717) is 0 Å². The van der Waals surface area contributed by atoms with Gasteiger partial charge in [-0.3, -0.25) is 0 Å². The van der Waals surface area contributed by atoms with E-state index in [1.807, 2.05) is 0 Å². The first-order valence-electron chi connectivity index (χ1n) is 4.18. The Morgan fingerprint density at radius 1 is 1.00 bits per heavy atom. The Kier molecular flexibility index (Phi) is 3.47. The molecule has 1 nitrogen and oxygen atoms in total. The first kappa shape index (κ1) is 12.8. The topological polar surface area (TPSA) is 26.0 Å². The molecule has 0 unspecified atom stereocenters. The number of alkyl halides is 2. The van der Waals surface area contributed by atoms with E-state index < -0.39 is 47.7 Å². The zero-order valence-electron chi connectivity index (χ0n) is 7.84. The maximum atomic E-state index is 13.0. The van der Waals surface area contributed by atoms with Crippen molar-refractivity contribution in [3.8, 4) is 0 Å². The second kappa shape index (κ2) is 4.32. The van der Waals surface area contributed by atoms with Gasteiger partial charge in [-0.1, -0.05) is 0 Å². The largest absolute Gasteiger partial charge is 0.325 e. The van der Waals surface area contributed by atoms with Crippen LogP contribution in [0.15, 0.2) is 6.07 Å². The number of rotatable bonds is 3. The van der Waals surface area contributed by atoms with Gasteiger partial charge in [0.2, 0.25) is 0 Å². The zero-order valence-corrected chi connectivity index (χ0v) is 7.84. The minimum Gasteiger partial charge on any atom is -0.325 e. The summed E-state index contributed by atoms with van der Waals surface area (Å²) in [6.45, 7) is -1.18. The Labute approximate surface area is 86.9 Å². The molecule has 90 valence electrons. The molecule has 0 aliphatic heterocycles. The third-order valence-electron chi connectivity index (χ3n) is 1.94. The van der Waals surface area contributed by atoms with Crippen molar-refractivity contribution in [1.82, 2.24) is 0 Å². The summed E-state index contributed by atoms with van der Waals surface area (Å²) < 4.78 is 76.7. The van der Waals surface area contributed by atoms with Gasteiger partial charge in [-0.05, 0) is 0 Å². The van der Waals surface area contributed by atoms with Crippen LogP contribution in [0, 0.1) is 23.3 Å². The highest BCUT2D eigenvalue weighted by molar-refractivity contribution is 5.24. The zero-order chi connectivity index (χ0) is 12.5. The van der Waals surface area contributed by atoms with Crippen LogP contribution in [0.1, 0.15) is 5.56 Å². The van der Waals surface area contributed by atoms with Gasteiger partial charge in [0.1, 0.15) is 0 Å². The fourth-order valence-corrected chi connectivity index (χ4v) is 1.11. The van der Waals surface area contributed by atoms with E-state index in [1.54, 1.807) is 0 Å². The first-order valence-corrected chi connectivity index (χ1v) is 4.18. The molecule has 2 N–H and O–H groups in total. The molecule has 1 aromatic carbocycles. The van der Waals surface area contributed by atoms with E-state index in [-0.39, 0.29) is 6.07 Å². The number of nitrogens with two attached hydrogens (primary N) is 1. The number of hydrogen-bond donors (Lipinski definition) is 1. The molecule has 0 bridgehead atoms. The summed E-state index contributed by atoms with van der Waals surface area (Å²) in [6.07, 6.45) is -1.49. The first-order chi connectivity index (χ1) is 7.28. The lowest BCUT2D eigenvalue weighted by atomic mass is 10.1. The molecule has 16 heavy (non-hydrogen) atoms. The van der Waals surface area contributed by atoms with Crippen LogP contribution in [-0.2, 0) is 6.42 Å². The number of benzene rings is 1. The summed E-state index contributed by atoms with van der Waals surface area (Å²) in [6, 6.07) is -0.0469. The molecule has 0 saturated carbocycles. The molecule has 7 heteroatoms. The molecule has 0 amide bonds. The number of halogens is 6. The molecule has 0 aromatic heterocycles. The molecular weight excluding hydrogens is 236 g/mol. The quantitative estimate of drug-likeness (QED) is 0.640. The van der Waals surface area contributed by atoms with Gasteiger partial charge in [0.05, 0.1) is 6.54 Å². The molecule has 0 aliphatic carbocycles. The SMILES string of the molecule is NCC(F)(F)Cc1c(F)c(F)cc(F)c1F. The van der Waals surface area contributed by atoms with E-state index in [9.17, 15) is 26.3 Å². The Balaban J connectivity index is 3.23. The molecule has 0 atom stereocenters.